The van der Waals surface area contributed by atoms with Gasteiger partial charge in [-0.1, -0.05) is 0 Å². The highest BCUT2D eigenvalue weighted by Crippen LogP contribution is 2.41. The lowest BCUT2D eigenvalue weighted by Gasteiger charge is -2.30. The molecule has 6 aliphatic rings. The first-order valence-electron chi connectivity index (χ1n) is 18.7. The fourth-order valence-electron chi connectivity index (χ4n) is 8.46. The highest BCUT2D eigenvalue weighted by molar-refractivity contribution is 5.89. The minimum absolute atomic E-state index is 0.387. The van der Waals surface area contributed by atoms with Crippen molar-refractivity contribution in [3.63, 3.8) is 0 Å². The summed E-state index contributed by atoms with van der Waals surface area (Å²) in [6, 6.07) is 9.28. The number of nitrogens with zero attached hydrogens (tertiary/aromatic N) is 2. The van der Waals surface area contributed by atoms with E-state index in [0.29, 0.717) is 38.5 Å². The number of fused-ring (bicyclic) bond motifs is 8. The summed E-state index contributed by atoms with van der Waals surface area (Å²) in [5.74, 6) is 3.47. The number of ether oxygens (including phenoxy) is 6. The van der Waals surface area contributed by atoms with Crippen LogP contribution in [0.5, 0.6) is 23.0 Å². The summed E-state index contributed by atoms with van der Waals surface area (Å²) in [5.41, 5.74) is 7.90. The zero-order chi connectivity index (χ0) is 33.3. The van der Waals surface area contributed by atoms with E-state index >= 15 is 0 Å². The Bertz CT molecular complexity index is 1660. The summed E-state index contributed by atoms with van der Waals surface area (Å²) in [6.45, 7) is 14.4. The van der Waals surface area contributed by atoms with Crippen LogP contribution in [-0.4, -0.2) is 125 Å². The average molecular weight is 687 g/mol. The van der Waals surface area contributed by atoms with E-state index in [1.807, 2.05) is 0 Å². The van der Waals surface area contributed by atoms with Crippen molar-refractivity contribution in [3.05, 3.63) is 46.8 Å². The maximum absolute atomic E-state index is 5.77. The predicted molar refractivity (Wildman–Crippen MR) is 191 cm³/mol. The van der Waals surface area contributed by atoms with E-state index in [4.69, 9.17) is 28.4 Å². The van der Waals surface area contributed by atoms with Crippen LogP contribution in [0.3, 0.4) is 0 Å². The number of nitrogens with one attached hydrogen (secondary N) is 4. The molecule has 0 aliphatic carbocycles. The van der Waals surface area contributed by atoms with Gasteiger partial charge in [0, 0.05) is 96.7 Å². The molecule has 2 saturated heterocycles. The second kappa shape index (κ2) is 14.6. The monoisotopic (exact) mass is 686 g/mol. The second-order valence-electron chi connectivity index (χ2n) is 14.1. The lowest BCUT2D eigenvalue weighted by molar-refractivity contribution is 0.0359. The van der Waals surface area contributed by atoms with Crippen molar-refractivity contribution in [1.29, 1.82) is 0 Å². The number of rotatable bonds is 6. The highest BCUT2D eigenvalue weighted by atomic mass is 16.6. The van der Waals surface area contributed by atoms with Crippen molar-refractivity contribution < 1.29 is 28.4 Å². The largest absolute Gasteiger partial charge is 0.486 e. The molecule has 4 aromatic rings. The standard InChI is InChI=1S/2C19H25N3O3/c2*1-3-20-15(2-4-22-5-7-23-8-6-22)19-13(1)14-11-17-18(12-16(14)21-19)25-10-9-24-17/h2*11-12,15,20-21H,1-10H2/t2*15-/m10/s1. The van der Waals surface area contributed by atoms with Crippen molar-refractivity contribution >= 4 is 21.8 Å². The fraction of sp³-hybridized carbons (Fsp3) is 0.579. The molecule has 0 amide bonds. The molecule has 12 heteroatoms. The molecule has 268 valence electrons. The van der Waals surface area contributed by atoms with Gasteiger partial charge < -0.3 is 49.0 Å². The number of benzene rings is 2. The van der Waals surface area contributed by atoms with Crippen LogP contribution in [0.2, 0.25) is 0 Å². The first kappa shape index (κ1) is 32.4. The fourth-order valence-corrected chi connectivity index (χ4v) is 8.46. The first-order valence-corrected chi connectivity index (χ1v) is 18.7. The van der Waals surface area contributed by atoms with Gasteiger partial charge in [0.15, 0.2) is 23.0 Å². The minimum atomic E-state index is 0.387. The highest BCUT2D eigenvalue weighted by Gasteiger charge is 2.28. The SMILES string of the molecule is c1c2c(cc3c4c([nH]c13)[C@@H](CCN1CCOCC1)NCC4)OCCO2.c1c2c(cc3c4c([nH]c13)[C@H](CCN1CCOCC1)NCC4)OCCO2. The Morgan fingerprint density at radius 2 is 0.920 bits per heavy atom. The van der Waals surface area contributed by atoms with Gasteiger partial charge in [-0.25, -0.2) is 0 Å². The van der Waals surface area contributed by atoms with Crippen molar-refractivity contribution in [2.45, 2.75) is 37.8 Å². The molecule has 10 rings (SSSR count). The average Bonchev–Trinajstić information content (AvgIpc) is 3.73. The molecule has 2 aromatic carbocycles. The number of hydrogen-bond donors (Lipinski definition) is 4. The zero-order valence-electron chi connectivity index (χ0n) is 29.0. The van der Waals surface area contributed by atoms with Crippen LogP contribution in [0.15, 0.2) is 24.3 Å². The van der Waals surface area contributed by atoms with Crippen molar-refractivity contribution in [1.82, 2.24) is 30.4 Å². The molecule has 50 heavy (non-hydrogen) atoms. The number of morpholine rings is 2. The number of aromatic amines is 2. The molecular formula is C38H50N6O6. The van der Waals surface area contributed by atoms with Crippen molar-refractivity contribution in [3.8, 4) is 23.0 Å². The molecule has 0 spiro atoms. The minimum Gasteiger partial charge on any atom is -0.486 e. The number of H-pyrrole nitrogens is 2. The van der Waals surface area contributed by atoms with E-state index in [1.165, 1.54) is 33.3 Å². The zero-order valence-corrected chi connectivity index (χ0v) is 29.0. The predicted octanol–water partition coefficient (Wildman–Crippen LogP) is 3.70. The third kappa shape index (κ3) is 6.65. The normalized spacial score (nSPS) is 23.6. The molecule has 8 heterocycles. The summed E-state index contributed by atoms with van der Waals surface area (Å²) >= 11 is 0. The Kier molecular flexibility index (Phi) is 9.46. The van der Waals surface area contributed by atoms with Gasteiger partial charge in [0.1, 0.15) is 26.4 Å². The molecule has 0 radical (unpaired) electrons. The molecule has 2 atom stereocenters. The van der Waals surface area contributed by atoms with E-state index < -0.39 is 0 Å². The van der Waals surface area contributed by atoms with E-state index in [2.05, 4.69) is 54.7 Å². The quantitative estimate of drug-likeness (QED) is 0.239. The Morgan fingerprint density at radius 1 is 0.520 bits per heavy atom. The van der Waals surface area contributed by atoms with Crippen LogP contribution in [0.1, 0.15) is 47.4 Å². The third-order valence-electron chi connectivity index (χ3n) is 11.1. The Balaban J connectivity index is 0.000000135. The summed E-state index contributed by atoms with van der Waals surface area (Å²) < 4.78 is 33.9. The molecule has 0 bridgehead atoms. The van der Waals surface area contributed by atoms with E-state index in [1.54, 1.807) is 0 Å². The van der Waals surface area contributed by atoms with Crippen molar-refractivity contribution in [2.24, 2.45) is 0 Å². The molecule has 2 aromatic heterocycles. The smallest absolute Gasteiger partial charge is 0.163 e. The van der Waals surface area contributed by atoms with Gasteiger partial charge >= 0.3 is 0 Å². The van der Waals surface area contributed by atoms with Crippen LogP contribution >= 0.6 is 0 Å². The number of aromatic nitrogens is 2. The van der Waals surface area contributed by atoms with E-state index in [0.717, 1.165) is 139 Å². The topological polar surface area (TPSA) is 118 Å². The van der Waals surface area contributed by atoms with Crippen LogP contribution in [0, 0.1) is 0 Å². The third-order valence-corrected chi connectivity index (χ3v) is 11.1. The maximum Gasteiger partial charge on any atom is 0.163 e. The van der Waals surface area contributed by atoms with Crippen LogP contribution < -0.4 is 29.6 Å². The molecule has 6 aliphatic heterocycles. The Morgan fingerprint density at radius 3 is 1.34 bits per heavy atom. The first-order chi connectivity index (χ1) is 24.8. The Hall–Kier alpha value is -3.52. The van der Waals surface area contributed by atoms with Gasteiger partial charge in [0.25, 0.3) is 0 Å². The van der Waals surface area contributed by atoms with Gasteiger partial charge in [-0.05, 0) is 62.0 Å². The van der Waals surface area contributed by atoms with Gasteiger partial charge in [0.05, 0.1) is 26.4 Å². The Labute approximate surface area is 293 Å². The molecule has 2 fully saturated rings. The summed E-state index contributed by atoms with van der Waals surface area (Å²) in [7, 11) is 0. The second-order valence-corrected chi connectivity index (χ2v) is 14.1. The summed E-state index contributed by atoms with van der Waals surface area (Å²) in [6.07, 6.45) is 4.35. The summed E-state index contributed by atoms with van der Waals surface area (Å²) in [5, 5.41) is 9.97. The molecular weight excluding hydrogens is 636 g/mol. The van der Waals surface area contributed by atoms with Crippen LogP contribution in [0.4, 0.5) is 0 Å². The van der Waals surface area contributed by atoms with Gasteiger partial charge in [-0.3, -0.25) is 9.80 Å². The molecule has 12 nitrogen and oxygen atoms in total. The van der Waals surface area contributed by atoms with Crippen LogP contribution in [0.25, 0.3) is 21.8 Å². The van der Waals surface area contributed by atoms with Gasteiger partial charge in [-0.2, -0.15) is 0 Å². The van der Waals surface area contributed by atoms with E-state index in [-0.39, 0.29) is 0 Å². The van der Waals surface area contributed by atoms with Crippen molar-refractivity contribution in [2.75, 3.05) is 105 Å². The lowest BCUT2D eigenvalue weighted by Crippen LogP contribution is -2.39. The summed E-state index contributed by atoms with van der Waals surface area (Å²) in [4.78, 5) is 12.3. The molecule has 0 saturated carbocycles. The van der Waals surface area contributed by atoms with Gasteiger partial charge in [0.2, 0.25) is 0 Å². The van der Waals surface area contributed by atoms with Crippen LogP contribution in [-0.2, 0) is 22.3 Å². The molecule has 0 unspecified atom stereocenters. The molecule has 4 N–H and O–H groups in total. The van der Waals surface area contributed by atoms with E-state index in [9.17, 15) is 0 Å². The number of hydrogen-bond acceptors (Lipinski definition) is 10. The lowest BCUT2D eigenvalue weighted by atomic mass is 9.97. The van der Waals surface area contributed by atoms with Gasteiger partial charge in [-0.15, -0.1) is 0 Å². The maximum atomic E-state index is 5.77.